The zero-order chi connectivity index (χ0) is 15.8. The first-order valence-electron chi connectivity index (χ1n) is 8.05. The van der Waals surface area contributed by atoms with Crippen molar-refractivity contribution in [1.82, 2.24) is 14.4 Å². The van der Waals surface area contributed by atoms with Crippen LogP contribution in [0.1, 0.15) is 41.4 Å². The van der Waals surface area contributed by atoms with Crippen molar-refractivity contribution in [2.45, 2.75) is 38.8 Å². The van der Waals surface area contributed by atoms with Crippen molar-refractivity contribution in [2.75, 3.05) is 5.32 Å². The van der Waals surface area contributed by atoms with Crippen LogP contribution >= 0.6 is 0 Å². The van der Waals surface area contributed by atoms with E-state index in [1.165, 1.54) is 17.5 Å². The first-order chi connectivity index (χ1) is 11.3. The highest BCUT2D eigenvalue weighted by Gasteiger charge is 2.21. The number of aryl methyl sites for hydroxylation is 2. The molecule has 5 nitrogen and oxygen atoms in total. The van der Waals surface area contributed by atoms with Gasteiger partial charge in [0, 0.05) is 12.4 Å². The van der Waals surface area contributed by atoms with E-state index >= 15 is 0 Å². The lowest BCUT2D eigenvalue weighted by molar-refractivity contribution is 0.275. The lowest BCUT2D eigenvalue weighted by atomic mass is 9.88. The number of rotatable bonds is 3. The summed E-state index contributed by atoms with van der Waals surface area (Å²) >= 11 is 0. The Balaban J connectivity index is 1.74. The number of nitrogens with zero attached hydrogens (tertiary/aromatic N) is 3. The monoisotopic (exact) mass is 308 g/mol. The molecular formula is C18H20N4O. The van der Waals surface area contributed by atoms with E-state index in [-0.39, 0.29) is 12.6 Å². The van der Waals surface area contributed by atoms with Crippen LogP contribution in [0.3, 0.4) is 0 Å². The minimum Gasteiger partial charge on any atom is -0.390 e. The molecule has 0 aliphatic heterocycles. The zero-order valence-corrected chi connectivity index (χ0v) is 13.2. The molecule has 4 rings (SSSR count). The normalized spacial score (nSPS) is 17.2. The van der Waals surface area contributed by atoms with E-state index in [9.17, 15) is 5.11 Å². The molecule has 2 heterocycles. The topological polar surface area (TPSA) is 62.5 Å². The molecule has 1 aromatic carbocycles. The van der Waals surface area contributed by atoms with Gasteiger partial charge in [0.2, 0.25) is 0 Å². The third-order valence-corrected chi connectivity index (χ3v) is 4.67. The first-order valence-corrected chi connectivity index (χ1v) is 8.05. The molecule has 1 aliphatic rings. The maximum atomic E-state index is 9.55. The molecule has 1 unspecified atom stereocenters. The van der Waals surface area contributed by atoms with Gasteiger partial charge in [-0.15, -0.1) is 0 Å². The molecule has 0 bridgehead atoms. The number of fused-ring (bicyclic) bond motifs is 2. The van der Waals surface area contributed by atoms with E-state index in [0.717, 1.165) is 35.7 Å². The summed E-state index contributed by atoms with van der Waals surface area (Å²) in [5.74, 6) is 0.775. The molecule has 5 heteroatoms. The minimum atomic E-state index is -0.0251. The van der Waals surface area contributed by atoms with E-state index in [1.807, 2.05) is 17.5 Å². The summed E-state index contributed by atoms with van der Waals surface area (Å²) in [7, 11) is 0. The lowest BCUT2D eigenvalue weighted by Gasteiger charge is -2.26. The Labute approximate surface area is 135 Å². The van der Waals surface area contributed by atoms with Crippen molar-refractivity contribution in [2.24, 2.45) is 0 Å². The van der Waals surface area contributed by atoms with Gasteiger partial charge in [-0.1, -0.05) is 24.3 Å². The number of nitrogens with one attached hydrogen (secondary N) is 1. The predicted octanol–water partition coefficient (Wildman–Crippen LogP) is 3.02. The van der Waals surface area contributed by atoms with Gasteiger partial charge in [-0.25, -0.2) is 9.97 Å². The fourth-order valence-corrected chi connectivity index (χ4v) is 3.50. The van der Waals surface area contributed by atoms with E-state index in [2.05, 4.69) is 39.6 Å². The average molecular weight is 308 g/mol. The molecule has 0 radical (unpaired) electrons. The van der Waals surface area contributed by atoms with E-state index in [0.29, 0.717) is 0 Å². The van der Waals surface area contributed by atoms with E-state index < -0.39 is 0 Å². The molecule has 0 saturated carbocycles. The highest BCUT2D eigenvalue weighted by Crippen LogP contribution is 2.32. The van der Waals surface area contributed by atoms with Gasteiger partial charge in [0.1, 0.15) is 0 Å². The molecular weight excluding hydrogens is 288 g/mol. The second-order valence-electron chi connectivity index (χ2n) is 6.06. The summed E-state index contributed by atoms with van der Waals surface area (Å²) < 4.78 is 1.92. The molecule has 0 amide bonds. The number of aliphatic hydroxyl groups excluding tert-OH is 1. The maximum Gasteiger partial charge on any atom is 0.180 e. The molecule has 23 heavy (non-hydrogen) atoms. The van der Waals surface area contributed by atoms with Crippen LogP contribution in [0, 0.1) is 6.92 Å². The van der Waals surface area contributed by atoms with Crippen LogP contribution < -0.4 is 5.32 Å². The van der Waals surface area contributed by atoms with Crippen molar-refractivity contribution >= 4 is 11.5 Å². The minimum absolute atomic E-state index is 0.0251. The number of imidazole rings is 1. The van der Waals surface area contributed by atoms with Crippen LogP contribution in [0.4, 0.5) is 5.82 Å². The number of aromatic nitrogens is 3. The average Bonchev–Trinajstić information content (AvgIpc) is 2.91. The summed E-state index contributed by atoms with van der Waals surface area (Å²) in [4.78, 5) is 9.07. The standard InChI is InChI=1S/C18H20N4O/c1-12-16(11-23)22-10-9-19-17(18(22)20-12)21-15-8-4-6-13-5-2-3-7-14(13)15/h2-3,5,7,9-10,15,23H,4,6,8,11H2,1H3,(H,19,21). The van der Waals surface area contributed by atoms with Crippen LogP contribution in [0.5, 0.6) is 0 Å². The summed E-state index contributed by atoms with van der Waals surface area (Å²) in [5, 5.41) is 13.1. The molecule has 2 aromatic heterocycles. The maximum absolute atomic E-state index is 9.55. The van der Waals surface area contributed by atoms with Gasteiger partial charge in [0.15, 0.2) is 11.5 Å². The third-order valence-electron chi connectivity index (χ3n) is 4.67. The van der Waals surface area contributed by atoms with E-state index in [1.54, 1.807) is 6.20 Å². The summed E-state index contributed by atoms with van der Waals surface area (Å²) in [6.45, 7) is 1.89. The third kappa shape index (κ3) is 2.37. The van der Waals surface area contributed by atoms with Crippen molar-refractivity contribution in [3.63, 3.8) is 0 Å². The molecule has 3 aromatic rings. The summed E-state index contributed by atoms with van der Waals surface area (Å²) in [5.41, 5.74) is 5.20. The van der Waals surface area contributed by atoms with Crippen molar-refractivity contribution in [3.8, 4) is 0 Å². The Morgan fingerprint density at radius 3 is 3.09 bits per heavy atom. The fraction of sp³-hybridized carbons (Fsp3) is 0.333. The SMILES string of the molecule is Cc1nc2c(NC3CCCc4ccccc43)nccn2c1CO. The number of anilines is 1. The molecule has 0 fully saturated rings. The fourth-order valence-electron chi connectivity index (χ4n) is 3.50. The molecule has 118 valence electrons. The highest BCUT2D eigenvalue weighted by atomic mass is 16.3. The first kappa shape index (κ1) is 14.2. The van der Waals surface area contributed by atoms with Crippen LogP contribution in [0.15, 0.2) is 36.7 Å². The Morgan fingerprint density at radius 1 is 1.35 bits per heavy atom. The second-order valence-corrected chi connectivity index (χ2v) is 6.06. The van der Waals surface area contributed by atoms with Gasteiger partial charge in [0.25, 0.3) is 0 Å². The van der Waals surface area contributed by atoms with Gasteiger partial charge >= 0.3 is 0 Å². The Bertz CT molecular complexity index is 855. The highest BCUT2D eigenvalue weighted by molar-refractivity contribution is 5.65. The van der Waals surface area contributed by atoms with Gasteiger partial charge in [-0.2, -0.15) is 0 Å². The molecule has 2 N–H and O–H groups in total. The largest absolute Gasteiger partial charge is 0.390 e. The number of hydrogen-bond acceptors (Lipinski definition) is 4. The Kier molecular flexibility index (Phi) is 3.50. The van der Waals surface area contributed by atoms with Crippen LogP contribution in [0.2, 0.25) is 0 Å². The second kappa shape index (κ2) is 5.66. The molecule has 0 saturated heterocycles. The van der Waals surface area contributed by atoms with Gasteiger partial charge in [-0.05, 0) is 37.3 Å². The van der Waals surface area contributed by atoms with Crippen LogP contribution in [0.25, 0.3) is 5.65 Å². The van der Waals surface area contributed by atoms with Crippen LogP contribution in [-0.2, 0) is 13.0 Å². The van der Waals surface area contributed by atoms with Gasteiger partial charge in [0.05, 0.1) is 24.0 Å². The molecule has 1 aliphatic carbocycles. The lowest BCUT2D eigenvalue weighted by Crippen LogP contribution is -2.18. The van der Waals surface area contributed by atoms with Gasteiger partial charge < -0.3 is 10.4 Å². The number of hydrogen-bond donors (Lipinski definition) is 2. The summed E-state index contributed by atoms with van der Waals surface area (Å²) in [6, 6.07) is 8.86. The van der Waals surface area contributed by atoms with Crippen LogP contribution in [-0.4, -0.2) is 19.5 Å². The summed E-state index contributed by atoms with van der Waals surface area (Å²) in [6.07, 6.45) is 7.01. The quantitative estimate of drug-likeness (QED) is 0.781. The van der Waals surface area contributed by atoms with E-state index in [4.69, 9.17) is 0 Å². The molecule has 1 atom stereocenters. The van der Waals surface area contributed by atoms with Crippen molar-refractivity contribution < 1.29 is 5.11 Å². The Hall–Kier alpha value is -2.40. The van der Waals surface area contributed by atoms with Crippen molar-refractivity contribution in [3.05, 3.63) is 59.2 Å². The number of aliphatic hydroxyl groups is 1. The zero-order valence-electron chi connectivity index (χ0n) is 13.2. The van der Waals surface area contributed by atoms with Crippen molar-refractivity contribution in [1.29, 1.82) is 0 Å². The Morgan fingerprint density at radius 2 is 2.22 bits per heavy atom. The predicted molar refractivity (Wildman–Crippen MR) is 89.4 cm³/mol. The molecule has 0 spiro atoms. The number of benzene rings is 1. The van der Waals surface area contributed by atoms with Gasteiger partial charge in [-0.3, -0.25) is 4.40 Å². The smallest absolute Gasteiger partial charge is 0.180 e.